The second-order valence-electron chi connectivity index (χ2n) is 4.91. The largest absolute Gasteiger partial charge is 0.227 e. The molecule has 3 heterocycles. The molecule has 0 N–H and O–H groups in total. The maximum absolute atomic E-state index is 6.13. The summed E-state index contributed by atoms with van der Waals surface area (Å²) in [5.41, 5.74) is 2.26. The highest BCUT2D eigenvalue weighted by Gasteiger charge is 2.23. The summed E-state index contributed by atoms with van der Waals surface area (Å²) in [5, 5.41) is 5.68. The molecule has 3 aromatic rings. The van der Waals surface area contributed by atoms with Gasteiger partial charge in [-0.25, -0.2) is 9.97 Å². The van der Waals surface area contributed by atoms with Crippen molar-refractivity contribution in [1.29, 1.82) is 0 Å². The Kier molecular flexibility index (Phi) is 2.17. The molecule has 0 bridgehead atoms. The number of rotatable bonds is 0. The Morgan fingerprint density at radius 2 is 2.39 bits per heavy atom. The van der Waals surface area contributed by atoms with Gasteiger partial charge in [0.15, 0.2) is 5.65 Å². The lowest BCUT2D eigenvalue weighted by atomic mass is 9.89. The van der Waals surface area contributed by atoms with E-state index >= 15 is 0 Å². The lowest BCUT2D eigenvalue weighted by Gasteiger charge is -2.17. The highest BCUT2D eigenvalue weighted by Crippen LogP contribution is 2.39. The molecule has 0 aliphatic heterocycles. The van der Waals surface area contributed by atoms with E-state index in [1.54, 1.807) is 22.2 Å². The highest BCUT2D eigenvalue weighted by atomic mass is 35.5. The van der Waals surface area contributed by atoms with E-state index in [2.05, 4.69) is 22.0 Å². The molecule has 1 atom stereocenters. The number of aromatic nitrogens is 4. The first-order valence-corrected chi connectivity index (χ1v) is 7.23. The molecule has 3 aromatic heterocycles. The molecule has 18 heavy (non-hydrogen) atoms. The summed E-state index contributed by atoms with van der Waals surface area (Å²) < 4.78 is 1.62. The normalized spacial score (nSPS) is 19.6. The van der Waals surface area contributed by atoms with Crippen LogP contribution < -0.4 is 0 Å². The third-order valence-electron chi connectivity index (χ3n) is 3.63. The molecule has 4 rings (SSSR count). The van der Waals surface area contributed by atoms with Gasteiger partial charge in [-0.2, -0.15) is 9.61 Å². The molecule has 4 nitrogen and oxygen atoms in total. The minimum atomic E-state index is 0.390. The van der Waals surface area contributed by atoms with E-state index in [0.29, 0.717) is 5.28 Å². The first-order valence-electron chi connectivity index (χ1n) is 6.03. The van der Waals surface area contributed by atoms with Gasteiger partial charge >= 0.3 is 0 Å². The molecule has 0 fully saturated rings. The molecular weight excluding hydrogens is 268 g/mol. The lowest BCUT2D eigenvalue weighted by molar-refractivity contribution is 0.508. The van der Waals surface area contributed by atoms with Crippen molar-refractivity contribution in [2.24, 2.45) is 5.92 Å². The van der Waals surface area contributed by atoms with Crippen molar-refractivity contribution < 1.29 is 0 Å². The van der Waals surface area contributed by atoms with Crippen molar-refractivity contribution in [3.8, 4) is 0 Å². The minimum absolute atomic E-state index is 0.390. The molecule has 1 unspecified atom stereocenters. The topological polar surface area (TPSA) is 43.1 Å². The number of fused-ring (bicyclic) bond motifs is 5. The average molecular weight is 279 g/mol. The van der Waals surface area contributed by atoms with E-state index in [1.807, 2.05) is 0 Å². The highest BCUT2D eigenvalue weighted by molar-refractivity contribution is 7.19. The van der Waals surface area contributed by atoms with Crippen molar-refractivity contribution in [3.05, 3.63) is 22.1 Å². The zero-order valence-electron chi connectivity index (χ0n) is 9.85. The number of halogens is 1. The number of hydrogen-bond acceptors (Lipinski definition) is 4. The Morgan fingerprint density at radius 3 is 3.28 bits per heavy atom. The molecule has 92 valence electrons. The van der Waals surface area contributed by atoms with Crippen LogP contribution in [0.1, 0.15) is 23.8 Å². The Bertz CT molecular complexity index is 760. The van der Waals surface area contributed by atoms with Gasteiger partial charge in [-0.1, -0.05) is 6.92 Å². The fourth-order valence-corrected chi connectivity index (χ4v) is 4.20. The molecule has 6 heteroatoms. The van der Waals surface area contributed by atoms with Crippen LogP contribution in [-0.2, 0) is 12.8 Å². The molecule has 0 saturated heterocycles. The molecule has 1 aliphatic carbocycles. The van der Waals surface area contributed by atoms with E-state index in [9.17, 15) is 0 Å². The third-order valence-corrected chi connectivity index (χ3v) is 5.06. The Labute approximate surface area is 113 Å². The standard InChI is InChI=1S/C12H11ClN4S/c1-6-2-3-8-7(4-6)9-10-14-5-15-17(10)12(13)16-11(9)18-8/h5-6H,2-4H2,1H3. The van der Waals surface area contributed by atoms with Crippen LogP contribution in [0.15, 0.2) is 6.33 Å². The van der Waals surface area contributed by atoms with Gasteiger partial charge in [0, 0.05) is 4.88 Å². The zero-order chi connectivity index (χ0) is 12.3. The van der Waals surface area contributed by atoms with Crippen LogP contribution in [-0.4, -0.2) is 19.6 Å². The van der Waals surface area contributed by atoms with Gasteiger partial charge in [0.25, 0.3) is 0 Å². The van der Waals surface area contributed by atoms with E-state index in [0.717, 1.165) is 34.6 Å². The molecular formula is C12H11ClN4S. The maximum Gasteiger partial charge on any atom is 0.227 e. The van der Waals surface area contributed by atoms with E-state index < -0.39 is 0 Å². The number of nitrogens with zero attached hydrogens (tertiary/aromatic N) is 4. The van der Waals surface area contributed by atoms with Crippen LogP contribution in [0.5, 0.6) is 0 Å². The maximum atomic E-state index is 6.13. The Morgan fingerprint density at radius 1 is 1.50 bits per heavy atom. The third kappa shape index (κ3) is 1.34. The van der Waals surface area contributed by atoms with Crippen molar-refractivity contribution in [3.63, 3.8) is 0 Å². The molecule has 1 aliphatic rings. The van der Waals surface area contributed by atoms with Crippen LogP contribution in [0.25, 0.3) is 15.9 Å². The number of thiophene rings is 1. The summed E-state index contributed by atoms with van der Waals surface area (Å²) in [6.45, 7) is 2.30. The first kappa shape index (κ1) is 10.7. The Hall–Kier alpha value is -1.20. The summed E-state index contributed by atoms with van der Waals surface area (Å²) in [5.74, 6) is 0.731. The lowest BCUT2D eigenvalue weighted by Crippen LogP contribution is -2.09. The predicted octanol–water partition coefficient (Wildman–Crippen LogP) is 3.12. The van der Waals surface area contributed by atoms with Gasteiger partial charge in [-0.15, -0.1) is 11.3 Å². The minimum Gasteiger partial charge on any atom is -0.214 e. The number of hydrogen-bond donors (Lipinski definition) is 0. The van der Waals surface area contributed by atoms with Gasteiger partial charge in [0.05, 0.1) is 5.39 Å². The summed E-state index contributed by atoms with van der Waals surface area (Å²) in [7, 11) is 0. The second-order valence-corrected chi connectivity index (χ2v) is 6.33. The first-order chi connectivity index (χ1) is 8.74. The van der Waals surface area contributed by atoms with Crippen LogP contribution in [0.3, 0.4) is 0 Å². The van der Waals surface area contributed by atoms with Crippen LogP contribution in [0.2, 0.25) is 5.28 Å². The smallest absolute Gasteiger partial charge is 0.214 e. The monoisotopic (exact) mass is 278 g/mol. The van der Waals surface area contributed by atoms with Gasteiger partial charge in [-0.05, 0) is 42.3 Å². The molecule has 0 spiro atoms. The second kappa shape index (κ2) is 3.65. The average Bonchev–Trinajstić information content (AvgIpc) is 2.92. The summed E-state index contributed by atoms with van der Waals surface area (Å²) in [6.07, 6.45) is 5.06. The summed E-state index contributed by atoms with van der Waals surface area (Å²) >= 11 is 7.88. The quantitative estimate of drug-likeness (QED) is 0.594. The van der Waals surface area contributed by atoms with Crippen LogP contribution in [0.4, 0.5) is 0 Å². The van der Waals surface area contributed by atoms with Crippen molar-refractivity contribution in [2.45, 2.75) is 26.2 Å². The van der Waals surface area contributed by atoms with E-state index in [-0.39, 0.29) is 0 Å². The van der Waals surface area contributed by atoms with Crippen molar-refractivity contribution in [1.82, 2.24) is 19.6 Å². The van der Waals surface area contributed by atoms with Crippen molar-refractivity contribution in [2.75, 3.05) is 0 Å². The van der Waals surface area contributed by atoms with Gasteiger partial charge in [0.2, 0.25) is 5.28 Å². The van der Waals surface area contributed by atoms with Gasteiger partial charge in [-0.3, -0.25) is 0 Å². The van der Waals surface area contributed by atoms with Crippen molar-refractivity contribution >= 4 is 38.8 Å². The van der Waals surface area contributed by atoms with Gasteiger partial charge < -0.3 is 0 Å². The zero-order valence-corrected chi connectivity index (χ0v) is 11.4. The predicted molar refractivity (Wildman–Crippen MR) is 72.4 cm³/mol. The molecule has 0 saturated carbocycles. The van der Waals surface area contributed by atoms with Crippen LogP contribution >= 0.6 is 22.9 Å². The fourth-order valence-electron chi connectivity index (χ4n) is 2.73. The molecule has 0 aromatic carbocycles. The number of aryl methyl sites for hydroxylation is 1. The molecule has 0 amide bonds. The fraction of sp³-hybridized carbons (Fsp3) is 0.417. The molecule has 0 radical (unpaired) electrons. The SMILES string of the molecule is CC1CCc2sc3nc(Cl)n4ncnc4c3c2C1. The van der Waals surface area contributed by atoms with E-state index in [4.69, 9.17) is 11.6 Å². The van der Waals surface area contributed by atoms with Gasteiger partial charge in [0.1, 0.15) is 11.2 Å². The summed E-state index contributed by atoms with van der Waals surface area (Å²) in [6, 6.07) is 0. The van der Waals surface area contributed by atoms with Crippen LogP contribution in [0, 0.1) is 5.92 Å². The Balaban J connectivity index is 2.16. The van der Waals surface area contributed by atoms with E-state index in [1.165, 1.54) is 16.9 Å². The summed E-state index contributed by atoms with van der Waals surface area (Å²) in [4.78, 5) is 11.2.